The maximum absolute atomic E-state index is 12.3. The van der Waals surface area contributed by atoms with Gasteiger partial charge in [-0.1, -0.05) is 43.7 Å². The summed E-state index contributed by atoms with van der Waals surface area (Å²) in [6.45, 7) is 2.63. The highest BCUT2D eigenvalue weighted by Crippen LogP contribution is 2.28. The third-order valence-electron chi connectivity index (χ3n) is 3.45. The van der Waals surface area contributed by atoms with Crippen molar-refractivity contribution in [2.24, 2.45) is 0 Å². The van der Waals surface area contributed by atoms with Gasteiger partial charge in [-0.15, -0.1) is 0 Å². The quantitative estimate of drug-likeness (QED) is 0.765. The molecule has 0 spiro atoms. The summed E-state index contributed by atoms with van der Waals surface area (Å²) < 4.78 is 0. The first kappa shape index (κ1) is 12.8. The lowest BCUT2D eigenvalue weighted by Crippen LogP contribution is -2.44. The average Bonchev–Trinajstić information content (AvgIpc) is 2.40. The molecule has 1 heterocycles. The predicted octanol–water partition coefficient (Wildman–Crippen LogP) is 2.72. The Hall–Kier alpha value is -1.64. The van der Waals surface area contributed by atoms with Crippen molar-refractivity contribution in [1.82, 2.24) is 4.90 Å². The fraction of sp³-hybridized carbons (Fsp3) is 0.467. The minimum atomic E-state index is -0.138. The molecular weight excluding hydrogens is 226 g/mol. The fourth-order valence-corrected chi connectivity index (χ4v) is 2.38. The topological polar surface area (TPSA) is 37.4 Å². The van der Waals surface area contributed by atoms with E-state index in [0.717, 1.165) is 18.4 Å². The van der Waals surface area contributed by atoms with Crippen LogP contribution in [0.3, 0.4) is 0 Å². The molecule has 0 saturated carbocycles. The maximum atomic E-state index is 12.3. The summed E-state index contributed by atoms with van der Waals surface area (Å²) in [5.74, 6) is -0.174. The van der Waals surface area contributed by atoms with E-state index >= 15 is 0 Å². The zero-order chi connectivity index (χ0) is 13.0. The van der Waals surface area contributed by atoms with Gasteiger partial charge in [0, 0.05) is 13.0 Å². The van der Waals surface area contributed by atoms with Crippen LogP contribution in [0.4, 0.5) is 0 Å². The number of hydrogen-bond donors (Lipinski definition) is 0. The van der Waals surface area contributed by atoms with E-state index in [-0.39, 0.29) is 17.7 Å². The van der Waals surface area contributed by atoms with Crippen molar-refractivity contribution in [1.29, 1.82) is 0 Å². The van der Waals surface area contributed by atoms with E-state index in [0.29, 0.717) is 19.4 Å². The average molecular weight is 245 g/mol. The minimum Gasteiger partial charge on any atom is -0.282 e. The smallest absolute Gasteiger partial charge is 0.236 e. The maximum Gasteiger partial charge on any atom is 0.236 e. The number of amides is 2. The molecule has 96 valence electrons. The molecule has 1 aliphatic rings. The van der Waals surface area contributed by atoms with E-state index in [9.17, 15) is 9.59 Å². The van der Waals surface area contributed by atoms with Crippen LogP contribution in [0, 0.1) is 0 Å². The Morgan fingerprint density at radius 2 is 1.94 bits per heavy atom. The number of benzene rings is 1. The molecule has 18 heavy (non-hydrogen) atoms. The zero-order valence-electron chi connectivity index (χ0n) is 10.8. The predicted molar refractivity (Wildman–Crippen MR) is 70.0 cm³/mol. The van der Waals surface area contributed by atoms with Crippen molar-refractivity contribution in [3.8, 4) is 0 Å². The number of nitrogens with zero attached hydrogens (tertiary/aromatic N) is 1. The number of likely N-dealkylation sites (tertiary alicyclic amines) is 1. The van der Waals surface area contributed by atoms with Crippen molar-refractivity contribution < 1.29 is 9.59 Å². The highest BCUT2D eigenvalue weighted by molar-refractivity contribution is 6.01. The lowest BCUT2D eigenvalue weighted by Gasteiger charge is -2.30. The number of piperidine rings is 1. The van der Waals surface area contributed by atoms with Gasteiger partial charge in [-0.05, 0) is 18.4 Å². The highest BCUT2D eigenvalue weighted by atomic mass is 16.2. The third kappa shape index (κ3) is 2.61. The number of carbonyl (C=O) groups excluding carboxylic acids is 2. The Balaban J connectivity index is 2.14. The molecule has 1 unspecified atom stereocenters. The first-order chi connectivity index (χ1) is 8.74. The molecule has 0 bridgehead atoms. The summed E-state index contributed by atoms with van der Waals surface area (Å²) in [5, 5.41) is 0. The molecule has 2 amide bonds. The Labute approximate surface area is 108 Å². The normalized spacial score (nSPS) is 20.3. The van der Waals surface area contributed by atoms with Gasteiger partial charge in [0.15, 0.2) is 0 Å². The molecule has 0 aromatic heterocycles. The summed E-state index contributed by atoms with van der Waals surface area (Å²) >= 11 is 0. The van der Waals surface area contributed by atoms with Crippen LogP contribution in [0.25, 0.3) is 0 Å². The molecule has 1 fully saturated rings. The van der Waals surface area contributed by atoms with Gasteiger partial charge in [-0.3, -0.25) is 14.5 Å². The van der Waals surface area contributed by atoms with Crippen LogP contribution >= 0.6 is 0 Å². The molecule has 3 nitrogen and oxygen atoms in total. The Kier molecular flexibility index (Phi) is 4.13. The summed E-state index contributed by atoms with van der Waals surface area (Å²) in [6, 6.07) is 9.76. The largest absolute Gasteiger partial charge is 0.282 e. The SMILES string of the molecule is CCCCN1C(=O)CCC(c2ccccc2)C1=O. The van der Waals surface area contributed by atoms with E-state index < -0.39 is 0 Å². The number of imide groups is 1. The molecule has 1 saturated heterocycles. The molecule has 3 heteroatoms. The molecule has 1 aromatic rings. The number of unbranched alkanes of at least 4 members (excludes halogenated alkanes) is 1. The second-order valence-corrected chi connectivity index (χ2v) is 4.74. The fourth-order valence-electron chi connectivity index (χ4n) is 2.38. The monoisotopic (exact) mass is 245 g/mol. The first-order valence-electron chi connectivity index (χ1n) is 6.63. The number of rotatable bonds is 4. The minimum absolute atomic E-state index is 0.0133. The Morgan fingerprint density at radius 1 is 1.22 bits per heavy atom. The first-order valence-corrected chi connectivity index (χ1v) is 6.63. The third-order valence-corrected chi connectivity index (χ3v) is 3.45. The van der Waals surface area contributed by atoms with E-state index in [4.69, 9.17) is 0 Å². The van der Waals surface area contributed by atoms with E-state index in [1.165, 1.54) is 4.90 Å². The lowest BCUT2D eigenvalue weighted by molar-refractivity contribution is -0.149. The highest BCUT2D eigenvalue weighted by Gasteiger charge is 2.34. The second kappa shape index (κ2) is 5.80. The van der Waals surface area contributed by atoms with Crippen LogP contribution in [-0.4, -0.2) is 23.3 Å². The van der Waals surface area contributed by atoms with Gasteiger partial charge < -0.3 is 0 Å². The summed E-state index contributed by atoms with van der Waals surface area (Å²) in [7, 11) is 0. The van der Waals surface area contributed by atoms with Gasteiger partial charge in [0.1, 0.15) is 0 Å². The van der Waals surface area contributed by atoms with Gasteiger partial charge in [0.05, 0.1) is 5.92 Å². The van der Waals surface area contributed by atoms with Gasteiger partial charge in [-0.25, -0.2) is 0 Å². The standard InChI is InChI=1S/C15H19NO2/c1-2-3-11-16-14(17)10-9-13(15(16)18)12-7-5-4-6-8-12/h4-8,13H,2-3,9-11H2,1H3. The van der Waals surface area contributed by atoms with E-state index in [2.05, 4.69) is 6.92 Å². The molecule has 1 aromatic carbocycles. The lowest BCUT2D eigenvalue weighted by atomic mass is 9.89. The van der Waals surface area contributed by atoms with Crippen molar-refractivity contribution in [2.75, 3.05) is 6.54 Å². The van der Waals surface area contributed by atoms with Crippen LogP contribution in [0.1, 0.15) is 44.1 Å². The van der Waals surface area contributed by atoms with Gasteiger partial charge in [-0.2, -0.15) is 0 Å². The molecule has 0 aliphatic carbocycles. The zero-order valence-corrected chi connectivity index (χ0v) is 10.8. The molecule has 0 N–H and O–H groups in total. The van der Waals surface area contributed by atoms with Crippen LogP contribution in [0.2, 0.25) is 0 Å². The molecule has 0 radical (unpaired) electrons. The number of hydrogen-bond acceptors (Lipinski definition) is 2. The van der Waals surface area contributed by atoms with Gasteiger partial charge in [0.25, 0.3) is 0 Å². The van der Waals surface area contributed by atoms with Crippen molar-refractivity contribution >= 4 is 11.8 Å². The molecular formula is C15H19NO2. The van der Waals surface area contributed by atoms with E-state index in [1.54, 1.807) is 0 Å². The Bertz CT molecular complexity index is 427. The van der Waals surface area contributed by atoms with Gasteiger partial charge >= 0.3 is 0 Å². The number of carbonyl (C=O) groups is 2. The van der Waals surface area contributed by atoms with Crippen LogP contribution < -0.4 is 0 Å². The molecule has 1 atom stereocenters. The summed E-state index contributed by atoms with van der Waals surface area (Å²) in [6.07, 6.45) is 3.01. The van der Waals surface area contributed by atoms with Gasteiger partial charge in [0.2, 0.25) is 11.8 Å². The molecule has 1 aliphatic heterocycles. The molecule has 2 rings (SSSR count). The summed E-state index contributed by atoms with van der Waals surface area (Å²) in [4.78, 5) is 25.6. The second-order valence-electron chi connectivity index (χ2n) is 4.74. The van der Waals surface area contributed by atoms with Crippen LogP contribution in [0.15, 0.2) is 30.3 Å². The Morgan fingerprint density at radius 3 is 2.61 bits per heavy atom. The van der Waals surface area contributed by atoms with Crippen molar-refractivity contribution in [3.63, 3.8) is 0 Å². The van der Waals surface area contributed by atoms with Crippen molar-refractivity contribution in [3.05, 3.63) is 35.9 Å². The van der Waals surface area contributed by atoms with Crippen LogP contribution in [0.5, 0.6) is 0 Å². The van der Waals surface area contributed by atoms with Crippen molar-refractivity contribution in [2.45, 2.75) is 38.5 Å². The summed E-state index contributed by atoms with van der Waals surface area (Å²) in [5.41, 5.74) is 1.02. The van der Waals surface area contributed by atoms with Crippen LogP contribution in [-0.2, 0) is 9.59 Å². The van der Waals surface area contributed by atoms with E-state index in [1.807, 2.05) is 30.3 Å².